The van der Waals surface area contributed by atoms with Crippen LogP contribution in [-0.2, 0) is 0 Å². The zero-order chi connectivity index (χ0) is 19.9. The van der Waals surface area contributed by atoms with Gasteiger partial charge in [-0.15, -0.1) is 0 Å². The predicted molar refractivity (Wildman–Crippen MR) is 117 cm³/mol. The van der Waals surface area contributed by atoms with Gasteiger partial charge in [-0.25, -0.2) is 4.98 Å². The van der Waals surface area contributed by atoms with Crippen molar-refractivity contribution >= 4 is 23.8 Å². The fourth-order valence-electron chi connectivity index (χ4n) is 3.38. The Balaban J connectivity index is 1.54. The minimum absolute atomic E-state index is 0.109. The number of rotatable bonds is 5. The van der Waals surface area contributed by atoms with E-state index in [4.69, 9.17) is 0 Å². The first-order valence-electron chi connectivity index (χ1n) is 9.95. The molecule has 1 aliphatic rings. The van der Waals surface area contributed by atoms with Crippen LogP contribution in [0.25, 0.3) is 12.2 Å². The average molecular weight is 384 g/mol. The molecule has 0 spiro atoms. The first-order valence-corrected chi connectivity index (χ1v) is 9.95. The lowest BCUT2D eigenvalue weighted by Gasteiger charge is -2.21. The van der Waals surface area contributed by atoms with E-state index in [-0.39, 0.29) is 5.78 Å². The number of carbonyl (C=O) groups is 1. The van der Waals surface area contributed by atoms with E-state index in [1.807, 2.05) is 60.7 Å². The average Bonchev–Trinajstić information content (AvgIpc) is 3.08. The number of aromatic nitrogens is 2. The van der Waals surface area contributed by atoms with E-state index in [2.05, 4.69) is 20.2 Å². The molecule has 0 aliphatic carbocycles. The molecule has 29 heavy (non-hydrogen) atoms. The second kappa shape index (κ2) is 9.26. The number of anilines is 1. The summed E-state index contributed by atoms with van der Waals surface area (Å²) in [5.74, 6) is 0.745. The molecule has 146 valence electrons. The largest absolute Gasteiger partial charge is 0.355 e. The Morgan fingerprint density at radius 2 is 1.79 bits per heavy atom. The summed E-state index contributed by atoms with van der Waals surface area (Å²) in [6.07, 6.45) is 8.40. The summed E-state index contributed by atoms with van der Waals surface area (Å²) in [7, 11) is 0. The van der Waals surface area contributed by atoms with E-state index in [1.165, 1.54) is 0 Å². The van der Waals surface area contributed by atoms with Gasteiger partial charge in [0.1, 0.15) is 11.5 Å². The number of ketones is 1. The van der Waals surface area contributed by atoms with Gasteiger partial charge in [-0.1, -0.05) is 48.6 Å². The molecule has 1 aliphatic heterocycles. The first-order chi connectivity index (χ1) is 14.3. The van der Waals surface area contributed by atoms with E-state index in [0.717, 1.165) is 49.5 Å². The molecule has 1 saturated heterocycles. The van der Waals surface area contributed by atoms with Crippen LogP contribution in [-0.4, -0.2) is 41.9 Å². The normalized spacial score (nSPS) is 14.7. The van der Waals surface area contributed by atoms with Gasteiger partial charge >= 0.3 is 0 Å². The molecule has 1 N–H and O–H groups in total. The highest BCUT2D eigenvalue weighted by molar-refractivity contribution is 6.08. The molecule has 4 rings (SSSR count). The van der Waals surface area contributed by atoms with Crippen molar-refractivity contribution in [1.82, 2.24) is 15.3 Å². The quantitative estimate of drug-likeness (QED) is 0.680. The molecule has 1 aromatic carbocycles. The lowest BCUT2D eigenvalue weighted by atomic mass is 10.1. The number of hydrogen-bond donors (Lipinski definition) is 1. The molecule has 0 saturated carbocycles. The van der Waals surface area contributed by atoms with Crippen LogP contribution in [0.5, 0.6) is 0 Å². The molecule has 0 unspecified atom stereocenters. The zero-order valence-corrected chi connectivity index (χ0v) is 16.3. The number of nitrogens with zero attached hydrogens (tertiary/aromatic N) is 3. The van der Waals surface area contributed by atoms with Crippen molar-refractivity contribution in [2.24, 2.45) is 0 Å². The number of pyridine rings is 2. The van der Waals surface area contributed by atoms with Gasteiger partial charge in [0.2, 0.25) is 5.78 Å². The number of benzene rings is 1. The fourth-order valence-corrected chi connectivity index (χ4v) is 3.38. The predicted octanol–water partition coefficient (Wildman–Crippen LogP) is 3.68. The molecule has 0 amide bonds. The van der Waals surface area contributed by atoms with Crippen LogP contribution in [0, 0.1) is 0 Å². The Bertz CT molecular complexity index is 993. The summed E-state index contributed by atoms with van der Waals surface area (Å²) in [6.45, 7) is 3.79. The second-order valence-corrected chi connectivity index (χ2v) is 7.05. The highest BCUT2D eigenvalue weighted by atomic mass is 16.1. The van der Waals surface area contributed by atoms with Gasteiger partial charge in [0.05, 0.1) is 0 Å². The fraction of sp³-hybridized carbons (Fsp3) is 0.208. The molecule has 1 fully saturated rings. The molecule has 3 aromatic rings. The Morgan fingerprint density at radius 1 is 0.931 bits per heavy atom. The standard InChI is InChI=1S/C24H24N4O/c29-24(22-8-4-9-23(27-22)28-14-5-12-25-13-15-28)21-16-20(17-26-18-21)11-10-19-6-2-1-3-7-19/h1-4,6-11,16-18,25H,5,12-15H2. The lowest BCUT2D eigenvalue weighted by molar-refractivity contribution is 0.103. The van der Waals surface area contributed by atoms with Gasteiger partial charge in [-0.2, -0.15) is 0 Å². The number of nitrogens with one attached hydrogen (secondary N) is 1. The second-order valence-electron chi connectivity index (χ2n) is 7.05. The van der Waals surface area contributed by atoms with Crippen molar-refractivity contribution in [3.63, 3.8) is 0 Å². The summed E-state index contributed by atoms with van der Waals surface area (Å²) in [5, 5.41) is 3.39. The maximum atomic E-state index is 13.0. The molecular formula is C24H24N4O. The van der Waals surface area contributed by atoms with Crippen LogP contribution in [0.15, 0.2) is 67.0 Å². The van der Waals surface area contributed by atoms with Crippen molar-refractivity contribution in [2.75, 3.05) is 31.1 Å². The number of carbonyl (C=O) groups excluding carboxylic acids is 1. The first kappa shape index (κ1) is 19.0. The molecular weight excluding hydrogens is 360 g/mol. The third-order valence-corrected chi connectivity index (χ3v) is 4.92. The third-order valence-electron chi connectivity index (χ3n) is 4.92. The van der Waals surface area contributed by atoms with E-state index in [1.54, 1.807) is 18.5 Å². The van der Waals surface area contributed by atoms with Crippen LogP contribution in [0.3, 0.4) is 0 Å². The number of hydrogen-bond acceptors (Lipinski definition) is 5. The topological polar surface area (TPSA) is 58.1 Å². The SMILES string of the molecule is O=C(c1cncc(C=Cc2ccccc2)c1)c1cccc(N2CCCNCC2)n1. The Morgan fingerprint density at radius 3 is 2.69 bits per heavy atom. The molecule has 5 heteroatoms. The maximum Gasteiger partial charge on any atom is 0.212 e. The minimum atomic E-state index is -0.109. The molecule has 0 bridgehead atoms. The molecule has 0 radical (unpaired) electrons. The highest BCUT2D eigenvalue weighted by Crippen LogP contribution is 2.16. The van der Waals surface area contributed by atoms with Crippen LogP contribution in [0.2, 0.25) is 0 Å². The molecule has 2 aromatic heterocycles. The van der Waals surface area contributed by atoms with Crippen molar-refractivity contribution in [1.29, 1.82) is 0 Å². The Labute approximate surface area is 171 Å². The van der Waals surface area contributed by atoms with Crippen molar-refractivity contribution in [3.05, 3.63) is 89.4 Å². The van der Waals surface area contributed by atoms with Crippen LogP contribution in [0.1, 0.15) is 33.6 Å². The van der Waals surface area contributed by atoms with Crippen molar-refractivity contribution < 1.29 is 4.79 Å². The van der Waals surface area contributed by atoms with E-state index in [0.29, 0.717) is 11.3 Å². The van der Waals surface area contributed by atoms with Gasteiger partial charge in [-0.05, 0) is 42.3 Å². The van der Waals surface area contributed by atoms with E-state index < -0.39 is 0 Å². The van der Waals surface area contributed by atoms with E-state index >= 15 is 0 Å². The Kier molecular flexibility index (Phi) is 6.07. The van der Waals surface area contributed by atoms with Crippen molar-refractivity contribution in [2.45, 2.75) is 6.42 Å². The van der Waals surface area contributed by atoms with Crippen LogP contribution >= 0.6 is 0 Å². The minimum Gasteiger partial charge on any atom is -0.355 e. The van der Waals surface area contributed by atoms with Crippen LogP contribution < -0.4 is 10.2 Å². The van der Waals surface area contributed by atoms with Gasteiger partial charge in [0.15, 0.2) is 0 Å². The highest BCUT2D eigenvalue weighted by Gasteiger charge is 2.15. The monoisotopic (exact) mass is 384 g/mol. The van der Waals surface area contributed by atoms with Gasteiger partial charge in [0.25, 0.3) is 0 Å². The van der Waals surface area contributed by atoms with Crippen molar-refractivity contribution in [3.8, 4) is 0 Å². The summed E-state index contributed by atoms with van der Waals surface area (Å²) in [4.78, 5) is 24.1. The summed E-state index contributed by atoms with van der Waals surface area (Å²) in [6, 6.07) is 17.6. The van der Waals surface area contributed by atoms with Crippen LogP contribution in [0.4, 0.5) is 5.82 Å². The molecule has 3 heterocycles. The summed E-state index contributed by atoms with van der Waals surface area (Å²) < 4.78 is 0. The lowest BCUT2D eigenvalue weighted by Crippen LogP contribution is -2.28. The van der Waals surface area contributed by atoms with Gasteiger partial charge in [-0.3, -0.25) is 9.78 Å². The van der Waals surface area contributed by atoms with Gasteiger partial charge < -0.3 is 10.2 Å². The smallest absolute Gasteiger partial charge is 0.212 e. The Hall–Kier alpha value is -3.31. The summed E-state index contributed by atoms with van der Waals surface area (Å²) in [5.41, 5.74) is 2.98. The van der Waals surface area contributed by atoms with Gasteiger partial charge in [0, 0.05) is 37.6 Å². The maximum absolute atomic E-state index is 13.0. The summed E-state index contributed by atoms with van der Waals surface area (Å²) >= 11 is 0. The third kappa shape index (κ3) is 4.95. The van der Waals surface area contributed by atoms with E-state index in [9.17, 15) is 4.79 Å². The molecule has 0 atom stereocenters. The molecule has 5 nitrogen and oxygen atoms in total. The zero-order valence-electron chi connectivity index (χ0n) is 16.3.